The highest BCUT2D eigenvalue weighted by Crippen LogP contribution is 2.29. The van der Waals surface area contributed by atoms with Crippen LogP contribution in [0.5, 0.6) is 5.75 Å². The number of halogens is 1. The first-order valence-electron chi connectivity index (χ1n) is 31.2. The van der Waals surface area contributed by atoms with Crippen molar-refractivity contribution >= 4 is 115 Å². The first-order chi connectivity index (χ1) is 44.8. The summed E-state index contributed by atoms with van der Waals surface area (Å²) in [4.78, 5) is 148. The number of carbonyl (C=O) groups is 10. The normalized spacial score (nSPS) is 23.6. The molecule has 2 fully saturated rings. The van der Waals surface area contributed by atoms with Crippen LogP contribution in [-0.4, -0.2) is 165 Å². The number of phenols is 1. The van der Waals surface area contributed by atoms with E-state index in [4.69, 9.17) is 11.5 Å². The van der Waals surface area contributed by atoms with Crippen LogP contribution in [0.1, 0.15) is 86.1 Å². The van der Waals surface area contributed by atoms with Gasteiger partial charge in [0.1, 0.15) is 59.9 Å². The number of thioether (sulfide) groups is 2. The van der Waals surface area contributed by atoms with Crippen molar-refractivity contribution in [3.8, 4) is 5.75 Å². The Morgan fingerprint density at radius 3 is 2.01 bits per heavy atom. The van der Waals surface area contributed by atoms with Crippen LogP contribution in [0.3, 0.4) is 0 Å². The van der Waals surface area contributed by atoms with Gasteiger partial charge in [0.2, 0.25) is 59.1 Å². The summed E-state index contributed by atoms with van der Waals surface area (Å²) in [6.45, 7) is 1.38. The average Bonchev–Trinajstić information content (AvgIpc) is 1.83. The third kappa shape index (κ3) is 18.6. The number of fused-ring (bicyclic) bond motifs is 6. The molecular formula is C66H79FN12O11S3. The minimum absolute atomic E-state index is 0.0323. The van der Waals surface area contributed by atoms with Crippen LogP contribution in [0.4, 0.5) is 4.39 Å². The van der Waals surface area contributed by atoms with Gasteiger partial charge in [0.25, 0.3) is 0 Å². The molecule has 0 radical (unpaired) electrons. The summed E-state index contributed by atoms with van der Waals surface area (Å²) in [5.41, 5.74) is 15.8. The number of aromatic amines is 1. The summed E-state index contributed by atoms with van der Waals surface area (Å²) in [7, 11) is 0. The molecule has 2 bridgehead atoms. The maximum atomic E-state index is 15.3. The van der Waals surface area contributed by atoms with Gasteiger partial charge in [-0.3, -0.25) is 47.9 Å². The highest BCUT2D eigenvalue weighted by Gasteiger charge is 2.42. The number of H-pyrrole nitrogens is 1. The number of hydrogen-bond donors (Lipinski definition) is 11. The lowest BCUT2D eigenvalue weighted by Gasteiger charge is -2.31. The molecule has 0 unspecified atom stereocenters. The predicted octanol–water partition coefficient (Wildman–Crippen LogP) is 3.47. The molecule has 23 nitrogen and oxygen atoms in total. The van der Waals surface area contributed by atoms with E-state index < -0.39 is 120 Å². The molecule has 27 heteroatoms. The zero-order chi connectivity index (χ0) is 66.1. The summed E-state index contributed by atoms with van der Waals surface area (Å²) >= 11 is 4.31. The number of primary amides is 1. The van der Waals surface area contributed by atoms with Crippen LogP contribution in [-0.2, 0) is 78.7 Å². The van der Waals surface area contributed by atoms with Gasteiger partial charge in [-0.25, -0.2) is 4.39 Å². The Bertz CT molecular complexity index is 3700. The van der Waals surface area contributed by atoms with Gasteiger partial charge < -0.3 is 68.6 Å². The number of nitrogens with two attached hydrogens (primary N) is 2. The largest absolute Gasteiger partial charge is 0.508 e. The van der Waals surface area contributed by atoms with Gasteiger partial charge in [-0.05, 0) is 133 Å². The van der Waals surface area contributed by atoms with E-state index in [0.717, 1.165) is 21.2 Å². The Hall–Kier alpha value is -8.53. The number of phenolic OH excluding ortho intramolecular Hbond substituents is 1. The number of aromatic hydroxyl groups is 1. The van der Waals surface area contributed by atoms with Crippen molar-refractivity contribution in [3.63, 3.8) is 0 Å². The summed E-state index contributed by atoms with van der Waals surface area (Å²) in [6.07, 6.45) is 3.79. The van der Waals surface area contributed by atoms with Gasteiger partial charge in [0, 0.05) is 83.6 Å². The second-order valence-electron chi connectivity index (χ2n) is 23.6. The summed E-state index contributed by atoms with van der Waals surface area (Å²) < 4.78 is 15.7. The van der Waals surface area contributed by atoms with Gasteiger partial charge in [-0.15, -0.1) is 11.3 Å². The van der Waals surface area contributed by atoms with Gasteiger partial charge in [-0.2, -0.15) is 23.5 Å². The molecule has 93 heavy (non-hydrogen) atoms. The Labute approximate surface area is 550 Å². The molecule has 2 saturated heterocycles. The zero-order valence-corrected chi connectivity index (χ0v) is 54.0. The quantitative estimate of drug-likeness (QED) is 0.0828. The third-order valence-corrected chi connectivity index (χ3v) is 19.9. The molecule has 0 spiro atoms. The van der Waals surface area contributed by atoms with Crippen molar-refractivity contribution < 1.29 is 57.4 Å². The molecule has 6 aromatic rings. The lowest BCUT2D eigenvalue weighted by atomic mass is 10.0. The molecule has 4 aromatic carbocycles. The van der Waals surface area contributed by atoms with Crippen molar-refractivity contribution in [3.05, 3.63) is 136 Å². The van der Waals surface area contributed by atoms with Crippen LogP contribution in [0.25, 0.3) is 21.0 Å². The second kappa shape index (κ2) is 32.8. The van der Waals surface area contributed by atoms with E-state index in [1.165, 1.54) is 81.9 Å². The van der Waals surface area contributed by atoms with Gasteiger partial charge in [0.05, 0.1) is 6.54 Å². The lowest BCUT2D eigenvalue weighted by molar-refractivity contribution is -0.143. The second-order valence-corrected chi connectivity index (χ2v) is 26.7. The number of rotatable bonds is 11. The number of hydrogen-bond acceptors (Lipinski definition) is 15. The number of unbranched alkanes of at least 4 members (excludes halogenated alkanes) is 1. The number of thiophene rings is 1. The fourth-order valence-electron chi connectivity index (χ4n) is 11.9. The van der Waals surface area contributed by atoms with Crippen LogP contribution in [0.15, 0.2) is 103 Å². The number of amides is 10. The smallest absolute Gasteiger partial charge is 0.246 e. The lowest BCUT2D eigenvalue weighted by Crippen LogP contribution is -2.60. The number of benzene rings is 4. The fourth-order valence-corrected chi connectivity index (χ4v) is 14.7. The first kappa shape index (κ1) is 68.8. The summed E-state index contributed by atoms with van der Waals surface area (Å²) in [6, 6.07) is 15.7. The fraction of sp³-hybridized carbons (Fsp3) is 0.424. The molecule has 13 N–H and O–H groups in total. The van der Waals surface area contributed by atoms with Gasteiger partial charge in [0.15, 0.2) is 0 Å². The zero-order valence-electron chi connectivity index (χ0n) is 51.6. The molecular weight excluding hydrogens is 1250 g/mol. The Morgan fingerprint density at radius 1 is 0.645 bits per heavy atom. The minimum atomic E-state index is -1.43. The molecule has 5 heterocycles. The SMILES string of the molecule is C[C@@H]1NC(=O)[C@@H]2CCCN2C(=O)[C@H](Cc2csc3ccccc23)NC(=O)[C@H](Cc2c[nH]c3ccc(F)cc23)NC(=O)CNC(=O)[C@H](CCCCN)NC(=O)CCSCc2cccc(c2)CSC[C@@H](C(N)=O)NC(=O)[C@@H]2CCCN2C(=O)[C@H](Cc2ccc(O)cc2)NC1=O. The molecule has 0 saturated carbocycles. The van der Waals surface area contributed by atoms with Gasteiger partial charge >= 0.3 is 0 Å². The molecule has 10 amide bonds. The van der Waals surface area contributed by atoms with Gasteiger partial charge in [-0.1, -0.05) is 54.6 Å². The van der Waals surface area contributed by atoms with Crippen molar-refractivity contribution in [1.82, 2.24) is 52.0 Å². The van der Waals surface area contributed by atoms with E-state index in [1.54, 1.807) is 18.3 Å². The maximum absolute atomic E-state index is 15.3. The molecule has 2 aromatic heterocycles. The van der Waals surface area contributed by atoms with E-state index in [9.17, 15) is 47.9 Å². The predicted molar refractivity (Wildman–Crippen MR) is 355 cm³/mol. The number of nitrogens with zero attached hydrogens (tertiary/aromatic N) is 2. The Morgan fingerprint density at radius 2 is 1.30 bits per heavy atom. The molecule has 3 aliphatic rings. The molecule has 8 atom stereocenters. The van der Waals surface area contributed by atoms with Crippen molar-refractivity contribution in [2.75, 3.05) is 37.7 Å². The van der Waals surface area contributed by atoms with Crippen molar-refractivity contribution in [2.24, 2.45) is 11.5 Å². The number of nitrogens with one attached hydrogen (secondary N) is 8. The van der Waals surface area contributed by atoms with Crippen LogP contribution >= 0.6 is 34.9 Å². The Balaban J connectivity index is 0.999. The molecule has 0 aliphatic carbocycles. The van der Waals surface area contributed by atoms with E-state index in [2.05, 4.69) is 42.2 Å². The van der Waals surface area contributed by atoms with Crippen LogP contribution in [0, 0.1) is 5.82 Å². The van der Waals surface area contributed by atoms with E-state index in [1.807, 2.05) is 53.9 Å². The van der Waals surface area contributed by atoms with Crippen LogP contribution < -0.4 is 48.7 Å². The van der Waals surface area contributed by atoms with E-state index in [0.29, 0.717) is 77.1 Å². The van der Waals surface area contributed by atoms with Crippen LogP contribution in [0.2, 0.25) is 0 Å². The standard InChI is InChI=1S/C66H79FN12O11S3/c1-38-60(84)75-51(28-39-16-19-45(80)20-17-39)65(89)79-25-8-14-55(79)64(88)77-53(59(69)83)37-92-35-41-10-6-9-40(27-41)34-91-26-22-57(81)73-49(12-4-5-23-68)61(85)71-33-58(82)74-50(29-42-32-70-48-21-18-44(67)31-47(42)48)62(86)76-52(30-43-36-93-56-15-3-2-11-46(43)56)66(90)78-24-7-13-54(78)63(87)72-38/h2-3,6,9-11,15-21,27,31-32,36,38,49-55,70,80H,4-5,7-8,12-14,22-26,28-30,33-35,37,68H2,1H3,(H2,69,83)(H,71,85)(H,72,87)(H,73,81)(H,74,82)(H,75,84)(H,76,86)(H,77,88)/t38-,49-,50-,51-,52-,53-,54-,55-/m0/s1. The highest BCUT2D eigenvalue weighted by molar-refractivity contribution is 7.98. The minimum Gasteiger partial charge on any atom is -0.508 e. The number of carbonyl (C=O) groups excluding carboxylic acids is 10. The summed E-state index contributed by atoms with van der Waals surface area (Å²) in [5.74, 6) is -5.79. The number of aromatic nitrogens is 1. The van der Waals surface area contributed by atoms with Crippen molar-refractivity contribution in [1.29, 1.82) is 0 Å². The van der Waals surface area contributed by atoms with E-state index in [-0.39, 0.29) is 69.5 Å². The maximum Gasteiger partial charge on any atom is 0.246 e. The molecule has 3 aliphatic heterocycles. The average molecular weight is 1330 g/mol. The third-order valence-electron chi connectivity index (χ3n) is 16.8. The van der Waals surface area contributed by atoms with Crippen molar-refractivity contribution in [2.45, 2.75) is 137 Å². The summed E-state index contributed by atoms with van der Waals surface area (Å²) in [5, 5.41) is 32.6. The topological polar surface area (TPSA) is 349 Å². The molecule has 9 rings (SSSR count). The highest BCUT2D eigenvalue weighted by atomic mass is 32.2. The molecule has 494 valence electrons. The monoisotopic (exact) mass is 1330 g/mol. The van der Waals surface area contributed by atoms with E-state index >= 15 is 9.59 Å². The Kier molecular flexibility index (Phi) is 24.3. The first-order valence-corrected chi connectivity index (χ1v) is 34.4.